The Morgan fingerprint density at radius 2 is 1.84 bits per heavy atom. The zero-order chi connectivity index (χ0) is 22.0. The van der Waals surface area contributed by atoms with E-state index in [1.165, 1.54) is 0 Å². The molecule has 1 saturated heterocycles. The Bertz CT molecular complexity index is 944. The molecule has 0 spiro atoms. The maximum Gasteiger partial charge on any atom is 0.324 e. The molecule has 2 aromatic rings. The Kier molecular flexibility index (Phi) is 6.37. The number of urea groups is 1. The SMILES string of the molecule is C[C@@H]1CN(C(=O)N2CCC(C(=O)N[C@H](C)c3ccccc3)CC2)c2cc(Cl)ccc2O1. The number of anilines is 1. The van der Waals surface area contributed by atoms with Gasteiger partial charge < -0.3 is 15.0 Å². The third kappa shape index (κ3) is 4.79. The van der Waals surface area contributed by atoms with Crippen molar-refractivity contribution >= 4 is 29.2 Å². The number of ether oxygens (including phenoxy) is 1. The number of fused-ring (bicyclic) bond motifs is 1. The number of carbonyl (C=O) groups excluding carboxylic acids is 2. The first-order chi connectivity index (χ1) is 14.9. The Hall–Kier alpha value is -2.73. The van der Waals surface area contributed by atoms with Gasteiger partial charge in [0.05, 0.1) is 18.3 Å². The van der Waals surface area contributed by atoms with Crippen molar-refractivity contribution in [2.24, 2.45) is 5.92 Å². The van der Waals surface area contributed by atoms with E-state index in [1.54, 1.807) is 23.1 Å². The number of nitrogens with one attached hydrogen (secondary N) is 1. The van der Waals surface area contributed by atoms with Gasteiger partial charge in [-0.2, -0.15) is 0 Å². The predicted molar refractivity (Wildman–Crippen MR) is 122 cm³/mol. The molecular formula is C24H28ClN3O3. The van der Waals surface area contributed by atoms with Gasteiger partial charge in [0.15, 0.2) is 0 Å². The van der Waals surface area contributed by atoms with Crippen LogP contribution in [0.4, 0.5) is 10.5 Å². The molecule has 3 amide bonds. The molecule has 2 aliphatic rings. The first kappa shape index (κ1) is 21.5. The van der Waals surface area contributed by atoms with Crippen LogP contribution in [-0.4, -0.2) is 42.6 Å². The lowest BCUT2D eigenvalue weighted by Crippen LogP contribution is -2.52. The summed E-state index contributed by atoms with van der Waals surface area (Å²) in [7, 11) is 0. The lowest BCUT2D eigenvalue weighted by Gasteiger charge is -2.39. The zero-order valence-electron chi connectivity index (χ0n) is 17.9. The highest BCUT2D eigenvalue weighted by Gasteiger charge is 2.34. The number of hydrogen-bond acceptors (Lipinski definition) is 3. The van der Waals surface area contributed by atoms with E-state index in [9.17, 15) is 9.59 Å². The molecule has 0 aliphatic carbocycles. The standard InChI is InChI=1S/C24H28ClN3O3/c1-16-15-28(21-14-20(25)8-9-22(21)31-16)24(30)27-12-10-19(11-13-27)23(29)26-17(2)18-6-4-3-5-7-18/h3-9,14,16-17,19H,10-13,15H2,1-2H3,(H,26,29)/t16-,17-/m1/s1. The van der Waals surface area contributed by atoms with Crippen LogP contribution in [0.3, 0.4) is 0 Å². The summed E-state index contributed by atoms with van der Waals surface area (Å²) in [6.07, 6.45) is 1.21. The average Bonchev–Trinajstić information content (AvgIpc) is 2.79. The van der Waals surface area contributed by atoms with Crippen LogP contribution in [0.25, 0.3) is 0 Å². The van der Waals surface area contributed by atoms with Gasteiger partial charge in [0.25, 0.3) is 0 Å². The van der Waals surface area contributed by atoms with Crippen molar-refractivity contribution in [3.05, 3.63) is 59.1 Å². The molecule has 0 unspecified atom stereocenters. The van der Waals surface area contributed by atoms with Crippen LogP contribution in [-0.2, 0) is 4.79 Å². The van der Waals surface area contributed by atoms with Crippen LogP contribution in [0.1, 0.15) is 38.3 Å². The summed E-state index contributed by atoms with van der Waals surface area (Å²) in [4.78, 5) is 29.6. The number of carbonyl (C=O) groups is 2. The molecule has 2 aliphatic heterocycles. The molecule has 2 aromatic carbocycles. The van der Waals surface area contributed by atoms with E-state index in [2.05, 4.69) is 5.32 Å². The number of amides is 3. The summed E-state index contributed by atoms with van der Waals surface area (Å²) in [5, 5.41) is 3.68. The third-order valence-electron chi connectivity index (χ3n) is 6.01. The molecule has 0 saturated carbocycles. The van der Waals surface area contributed by atoms with Gasteiger partial charge in [-0.3, -0.25) is 9.69 Å². The normalized spacial score (nSPS) is 19.9. The second-order valence-corrected chi connectivity index (χ2v) is 8.77. The minimum absolute atomic E-state index is 0.0375. The van der Waals surface area contributed by atoms with E-state index in [-0.39, 0.29) is 30.0 Å². The fourth-order valence-electron chi connectivity index (χ4n) is 4.25. The Morgan fingerprint density at radius 1 is 1.13 bits per heavy atom. The molecular weight excluding hydrogens is 414 g/mol. The van der Waals surface area contributed by atoms with E-state index < -0.39 is 0 Å². The molecule has 4 rings (SSSR count). The topological polar surface area (TPSA) is 61.9 Å². The number of benzene rings is 2. The maximum atomic E-state index is 13.3. The molecule has 31 heavy (non-hydrogen) atoms. The van der Waals surface area contributed by atoms with Gasteiger partial charge in [0.2, 0.25) is 5.91 Å². The van der Waals surface area contributed by atoms with Crippen LogP contribution in [0, 0.1) is 5.92 Å². The van der Waals surface area contributed by atoms with Gasteiger partial charge in [0.1, 0.15) is 11.9 Å². The van der Waals surface area contributed by atoms with Crippen molar-refractivity contribution in [1.82, 2.24) is 10.2 Å². The Morgan fingerprint density at radius 3 is 2.55 bits per heavy atom. The van der Waals surface area contributed by atoms with Crippen molar-refractivity contribution in [3.63, 3.8) is 0 Å². The van der Waals surface area contributed by atoms with E-state index in [1.807, 2.05) is 49.1 Å². The molecule has 7 heteroatoms. The number of hydrogen-bond donors (Lipinski definition) is 1. The van der Waals surface area contributed by atoms with E-state index in [0.717, 1.165) is 5.56 Å². The highest BCUT2D eigenvalue weighted by molar-refractivity contribution is 6.31. The fraction of sp³-hybridized carbons (Fsp3) is 0.417. The monoisotopic (exact) mass is 441 g/mol. The van der Waals surface area contributed by atoms with Gasteiger partial charge in [-0.1, -0.05) is 41.9 Å². The zero-order valence-corrected chi connectivity index (χ0v) is 18.6. The lowest BCUT2D eigenvalue weighted by molar-refractivity contribution is -0.126. The number of likely N-dealkylation sites (tertiary alicyclic amines) is 1. The van der Waals surface area contributed by atoms with Crippen LogP contribution >= 0.6 is 11.6 Å². The number of piperidine rings is 1. The average molecular weight is 442 g/mol. The number of nitrogens with zero attached hydrogens (tertiary/aromatic N) is 2. The summed E-state index contributed by atoms with van der Waals surface area (Å²) in [5.41, 5.74) is 1.79. The summed E-state index contributed by atoms with van der Waals surface area (Å²) in [5.74, 6) is 0.641. The molecule has 2 heterocycles. The molecule has 1 N–H and O–H groups in total. The summed E-state index contributed by atoms with van der Waals surface area (Å²) >= 11 is 6.16. The van der Waals surface area contributed by atoms with Gasteiger partial charge in [-0.15, -0.1) is 0 Å². The molecule has 2 atom stereocenters. The minimum Gasteiger partial charge on any atom is -0.487 e. The molecule has 0 bridgehead atoms. The largest absolute Gasteiger partial charge is 0.487 e. The van der Waals surface area contributed by atoms with Gasteiger partial charge in [-0.05, 0) is 50.5 Å². The first-order valence-electron chi connectivity index (χ1n) is 10.8. The summed E-state index contributed by atoms with van der Waals surface area (Å²) < 4.78 is 5.85. The first-order valence-corrected chi connectivity index (χ1v) is 11.2. The van der Waals surface area contributed by atoms with Crippen LogP contribution in [0.2, 0.25) is 5.02 Å². The third-order valence-corrected chi connectivity index (χ3v) is 6.24. The second kappa shape index (κ2) is 9.18. The molecule has 1 fully saturated rings. The van der Waals surface area contributed by atoms with Gasteiger partial charge >= 0.3 is 6.03 Å². The highest BCUT2D eigenvalue weighted by Crippen LogP contribution is 2.36. The molecule has 0 radical (unpaired) electrons. The maximum absolute atomic E-state index is 13.3. The van der Waals surface area contributed by atoms with Crippen molar-refractivity contribution < 1.29 is 14.3 Å². The summed E-state index contributed by atoms with van der Waals surface area (Å²) in [6.45, 7) is 5.52. The van der Waals surface area contributed by atoms with Crippen LogP contribution < -0.4 is 15.0 Å². The number of rotatable bonds is 3. The van der Waals surface area contributed by atoms with Crippen LogP contribution in [0.15, 0.2) is 48.5 Å². The summed E-state index contributed by atoms with van der Waals surface area (Å²) in [6, 6.07) is 15.2. The van der Waals surface area contributed by atoms with E-state index in [4.69, 9.17) is 16.3 Å². The quantitative estimate of drug-likeness (QED) is 0.754. The number of halogens is 1. The van der Waals surface area contributed by atoms with Gasteiger partial charge in [-0.25, -0.2) is 4.79 Å². The van der Waals surface area contributed by atoms with E-state index in [0.29, 0.717) is 48.9 Å². The van der Waals surface area contributed by atoms with Crippen molar-refractivity contribution in [2.75, 3.05) is 24.5 Å². The van der Waals surface area contributed by atoms with Crippen molar-refractivity contribution in [3.8, 4) is 5.75 Å². The smallest absolute Gasteiger partial charge is 0.324 e. The van der Waals surface area contributed by atoms with Crippen molar-refractivity contribution in [2.45, 2.75) is 38.8 Å². The van der Waals surface area contributed by atoms with Crippen molar-refractivity contribution in [1.29, 1.82) is 0 Å². The Balaban J connectivity index is 1.36. The molecule has 6 nitrogen and oxygen atoms in total. The second-order valence-electron chi connectivity index (χ2n) is 8.34. The minimum atomic E-state index is -0.0968. The van der Waals surface area contributed by atoms with E-state index >= 15 is 0 Å². The predicted octanol–water partition coefficient (Wildman–Crippen LogP) is 4.64. The fourth-order valence-corrected chi connectivity index (χ4v) is 4.42. The molecule has 0 aromatic heterocycles. The molecule has 164 valence electrons. The highest BCUT2D eigenvalue weighted by atomic mass is 35.5. The lowest BCUT2D eigenvalue weighted by atomic mass is 9.95. The Labute approximate surface area is 188 Å². The van der Waals surface area contributed by atoms with Crippen LogP contribution in [0.5, 0.6) is 5.75 Å². The van der Waals surface area contributed by atoms with Gasteiger partial charge in [0, 0.05) is 24.0 Å².